The van der Waals surface area contributed by atoms with Gasteiger partial charge in [0.2, 0.25) is 0 Å². The van der Waals surface area contributed by atoms with Crippen molar-refractivity contribution in [2.45, 2.75) is 50.0 Å². The number of rotatable bonds is 11. The molecule has 3 heterocycles. The second-order valence-electron chi connectivity index (χ2n) is 10.8. The maximum Gasteiger partial charge on any atom is 0.459 e. The Morgan fingerprint density at radius 1 is 1.11 bits per heavy atom. The molecule has 45 heavy (non-hydrogen) atoms. The lowest BCUT2D eigenvalue weighted by Gasteiger charge is -2.44. The van der Waals surface area contributed by atoms with Crippen molar-refractivity contribution in [3.63, 3.8) is 0 Å². The molecule has 6 rings (SSSR count). The minimum Gasteiger partial charge on any atom is -0.460 e. The lowest BCUT2D eigenvalue weighted by atomic mass is 9.86. The van der Waals surface area contributed by atoms with E-state index in [0.29, 0.717) is 18.4 Å². The summed E-state index contributed by atoms with van der Waals surface area (Å²) in [5.74, 6) is -0.459. The summed E-state index contributed by atoms with van der Waals surface area (Å²) in [7, 11) is -4.37. The van der Waals surface area contributed by atoms with Crippen molar-refractivity contribution in [1.82, 2.24) is 14.6 Å². The molecule has 0 aliphatic carbocycles. The molecular formula is C31H32N3O10P. The second-order valence-corrected chi connectivity index (χ2v) is 12.5. The van der Waals surface area contributed by atoms with Crippen molar-refractivity contribution in [1.29, 1.82) is 0 Å². The highest BCUT2D eigenvalue weighted by Crippen LogP contribution is 2.51. The van der Waals surface area contributed by atoms with Gasteiger partial charge >= 0.3 is 19.4 Å². The van der Waals surface area contributed by atoms with Gasteiger partial charge in [-0.2, -0.15) is 5.09 Å². The zero-order valence-electron chi connectivity index (χ0n) is 24.2. The number of aromatic nitrogens is 2. The molecule has 0 radical (unpaired) electrons. The molecule has 2 aliphatic heterocycles. The molecule has 1 spiro atoms. The SMILES string of the molecule is C[C@H](N[P@](=O)(OC[C@H]1O[C@@H](n2ccc(=O)[nH]c2=O)[C@@]2(CCO2)[C@@H]1O)Oc1cccc2ccccc12)C(=O)OCc1ccccc1. The Morgan fingerprint density at radius 2 is 1.84 bits per heavy atom. The number of aliphatic hydroxyl groups is 1. The topological polar surface area (TPSA) is 167 Å². The van der Waals surface area contributed by atoms with E-state index in [-0.39, 0.29) is 12.4 Å². The van der Waals surface area contributed by atoms with Gasteiger partial charge in [-0.05, 0) is 23.9 Å². The highest BCUT2D eigenvalue weighted by Gasteiger charge is 2.62. The third-order valence-corrected chi connectivity index (χ3v) is 9.48. The van der Waals surface area contributed by atoms with Crippen molar-refractivity contribution in [3.8, 4) is 5.75 Å². The van der Waals surface area contributed by atoms with Gasteiger partial charge in [-0.15, -0.1) is 0 Å². The van der Waals surface area contributed by atoms with E-state index in [2.05, 4.69) is 10.1 Å². The molecule has 3 aromatic carbocycles. The molecule has 4 aromatic rings. The van der Waals surface area contributed by atoms with Crippen molar-refractivity contribution in [3.05, 3.63) is 111 Å². The van der Waals surface area contributed by atoms with Crippen molar-refractivity contribution < 1.29 is 37.7 Å². The summed E-state index contributed by atoms with van der Waals surface area (Å²) in [5, 5.41) is 15.4. The number of hydrogen-bond acceptors (Lipinski definition) is 10. The van der Waals surface area contributed by atoms with Crippen LogP contribution in [0.1, 0.15) is 25.1 Å². The lowest BCUT2D eigenvalue weighted by molar-refractivity contribution is -0.227. The maximum atomic E-state index is 14.3. The molecule has 3 N–H and O–H groups in total. The maximum absolute atomic E-state index is 14.3. The Bertz CT molecular complexity index is 1840. The highest BCUT2D eigenvalue weighted by atomic mass is 31.2. The summed E-state index contributed by atoms with van der Waals surface area (Å²) < 4.78 is 44.5. The average molecular weight is 638 g/mol. The van der Waals surface area contributed by atoms with Crippen LogP contribution in [0.15, 0.2) is 94.6 Å². The largest absolute Gasteiger partial charge is 0.460 e. The van der Waals surface area contributed by atoms with Gasteiger partial charge in [-0.3, -0.25) is 23.7 Å². The first-order valence-electron chi connectivity index (χ1n) is 14.4. The Balaban J connectivity index is 1.23. The lowest BCUT2D eigenvalue weighted by Crippen LogP contribution is -2.57. The summed E-state index contributed by atoms with van der Waals surface area (Å²) in [6.07, 6.45) is -1.91. The molecule has 0 unspecified atom stereocenters. The van der Waals surface area contributed by atoms with Gasteiger partial charge in [-0.1, -0.05) is 66.7 Å². The van der Waals surface area contributed by atoms with Crippen molar-refractivity contribution in [2.24, 2.45) is 0 Å². The fraction of sp³-hybridized carbons (Fsp3) is 0.323. The molecule has 1 aromatic heterocycles. The average Bonchev–Trinajstić information content (AvgIpc) is 3.31. The molecule has 14 heteroatoms. The number of nitrogens with zero attached hydrogens (tertiary/aromatic N) is 1. The number of carbonyl (C=O) groups excluding carboxylic acids is 1. The van der Waals surface area contributed by atoms with Crippen molar-refractivity contribution in [2.75, 3.05) is 13.2 Å². The van der Waals surface area contributed by atoms with Crippen LogP contribution < -0.4 is 20.9 Å². The van der Waals surface area contributed by atoms with Crippen LogP contribution in [0.5, 0.6) is 5.75 Å². The van der Waals surface area contributed by atoms with Gasteiger partial charge in [-0.25, -0.2) is 9.36 Å². The molecule has 2 aliphatic rings. The van der Waals surface area contributed by atoms with Crippen molar-refractivity contribution >= 4 is 24.5 Å². The third-order valence-electron chi connectivity index (χ3n) is 7.85. The predicted molar refractivity (Wildman–Crippen MR) is 162 cm³/mol. The van der Waals surface area contributed by atoms with Crippen LogP contribution in [0, 0.1) is 0 Å². The predicted octanol–water partition coefficient (Wildman–Crippen LogP) is 3.03. The number of nitrogens with one attached hydrogen (secondary N) is 2. The van der Waals surface area contributed by atoms with Crippen LogP contribution in [0.2, 0.25) is 0 Å². The van der Waals surface area contributed by atoms with Gasteiger partial charge < -0.3 is 23.8 Å². The van der Waals surface area contributed by atoms with E-state index in [1.807, 2.05) is 48.5 Å². The number of carbonyl (C=O) groups is 1. The normalized spacial score (nSPS) is 24.5. The summed E-state index contributed by atoms with van der Waals surface area (Å²) in [5.41, 5.74) is -1.85. The zero-order valence-corrected chi connectivity index (χ0v) is 25.1. The Hall–Kier alpha value is -4.10. The zero-order chi connectivity index (χ0) is 31.6. The number of ether oxygens (including phenoxy) is 3. The van der Waals surface area contributed by atoms with Crippen LogP contribution in [-0.2, 0) is 34.7 Å². The van der Waals surface area contributed by atoms with Crippen LogP contribution in [-0.4, -0.2) is 57.7 Å². The third kappa shape index (κ3) is 6.36. The standard InChI is InChI=1S/C31H32N3O10P/c1-20(28(37)40-18-21-8-3-2-4-9-21)33-45(39,44-24-13-7-11-22-10-5-6-12-23(22)24)42-19-25-27(36)31(15-17-41-31)29(43-25)34-16-14-26(35)32-30(34)38/h2-14,16,20,25,27,29,36H,15,17-19H2,1H3,(H,33,39)(H,32,35,38)/t20-,25+,27+,29+,31+,45-/m0/s1. The Morgan fingerprint density at radius 3 is 2.58 bits per heavy atom. The van der Waals surface area contributed by atoms with E-state index in [9.17, 15) is 24.1 Å². The smallest absolute Gasteiger partial charge is 0.459 e. The first-order valence-corrected chi connectivity index (χ1v) is 15.9. The van der Waals surface area contributed by atoms with Crippen LogP contribution in [0.3, 0.4) is 0 Å². The number of aromatic amines is 1. The monoisotopic (exact) mass is 637 g/mol. The minimum atomic E-state index is -4.37. The number of H-pyrrole nitrogens is 1. The van der Waals surface area contributed by atoms with E-state index in [1.165, 1.54) is 13.1 Å². The van der Waals surface area contributed by atoms with E-state index >= 15 is 0 Å². The number of hydrogen-bond donors (Lipinski definition) is 3. The quantitative estimate of drug-likeness (QED) is 0.163. The number of benzene rings is 3. The van der Waals surface area contributed by atoms with E-state index in [1.54, 1.807) is 24.3 Å². The number of fused-ring (bicyclic) bond motifs is 1. The molecule has 0 bridgehead atoms. The summed E-state index contributed by atoms with van der Waals surface area (Å²) in [6, 6.07) is 21.7. The van der Waals surface area contributed by atoms with E-state index in [0.717, 1.165) is 21.6 Å². The second kappa shape index (κ2) is 12.7. The van der Waals surface area contributed by atoms with Gasteiger partial charge in [0.1, 0.15) is 36.2 Å². The van der Waals surface area contributed by atoms with E-state index in [4.69, 9.17) is 23.3 Å². The molecule has 0 amide bonds. The van der Waals surface area contributed by atoms with Gasteiger partial charge in [0.25, 0.3) is 5.56 Å². The minimum absolute atomic E-state index is 0.0106. The summed E-state index contributed by atoms with van der Waals surface area (Å²) >= 11 is 0. The molecule has 236 valence electrons. The van der Waals surface area contributed by atoms with Gasteiger partial charge in [0.05, 0.1) is 13.2 Å². The first kappa shape index (κ1) is 30.9. The Labute approximate surface area is 257 Å². The first-order chi connectivity index (χ1) is 21.7. The Kier molecular flexibility index (Phi) is 8.74. The molecule has 0 saturated carbocycles. The highest BCUT2D eigenvalue weighted by molar-refractivity contribution is 7.52. The van der Waals surface area contributed by atoms with Crippen LogP contribution >= 0.6 is 7.75 Å². The molecule has 2 fully saturated rings. The number of aliphatic hydroxyl groups excluding tert-OH is 1. The van der Waals surface area contributed by atoms with Crippen LogP contribution in [0.4, 0.5) is 0 Å². The summed E-state index contributed by atoms with van der Waals surface area (Å²) in [4.78, 5) is 39.3. The van der Waals surface area contributed by atoms with Gasteiger partial charge in [0.15, 0.2) is 6.23 Å². The van der Waals surface area contributed by atoms with Crippen LogP contribution in [0.25, 0.3) is 10.8 Å². The number of esters is 1. The van der Waals surface area contributed by atoms with E-state index < -0.39 is 61.7 Å². The molecule has 2 saturated heterocycles. The molecule has 13 nitrogen and oxygen atoms in total. The summed E-state index contributed by atoms with van der Waals surface area (Å²) in [6.45, 7) is 1.32. The fourth-order valence-electron chi connectivity index (χ4n) is 5.43. The molecule has 6 atom stereocenters. The molecular weight excluding hydrogens is 605 g/mol. The fourth-order valence-corrected chi connectivity index (χ4v) is 6.96. The van der Waals surface area contributed by atoms with Gasteiger partial charge in [0, 0.05) is 24.1 Å².